The number of fused-ring (bicyclic) bond motifs is 1. The molecule has 0 fully saturated rings. The molecule has 20 heavy (non-hydrogen) atoms. The minimum Gasteiger partial charge on any atom is -0.388 e. The molecule has 0 radical (unpaired) electrons. The van der Waals surface area contributed by atoms with Crippen molar-refractivity contribution in [2.75, 3.05) is 0 Å². The Bertz CT molecular complexity index is 692. The molecule has 0 saturated heterocycles. The summed E-state index contributed by atoms with van der Waals surface area (Å²) < 4.78 is 0. The maximum atomic E-state index is 10.4. The minimum atomic E-state index is -0.471. The van der Waals surface area contributed by atoms with Crippen molar-refractivity contribution < 1.29 is 5.11 Å². The Morgan fingerprint density at radius 2 is 1.85 bits per heavy atom. The molecule has 0 aliphatic carbocycles. The minimum absolute atomic E-state index is 0.471. The zero-order valence-electron chi connectivity index (χ0n) is 11.1. The predicted molar refractivity (Wildman–Crippen MR) is 79.3 cm³/mol. The zero-order valence-corrected chi connectivity index (χ0v) is 11.1. The van der Waals surface area contributed by atoms with E-state index in [1.807, 2.05) is 48.8 Å². The second-order valence-electron chi connectivity index (χ2n) is 4.86. The molecule has 1 unspecified atom stereocenters. The first kappa shape index (κ1) is 12.8. The van der Waals surface area contributed by atoms with Crippen molar-refractivity contribution in [2.24, 2.45) is 0 Å². The quantitative estimate of drug-likeness (QED) is 0.786. The average Bonchev–Trinajstić information content (AvgIpc) is 2.53. The number of pyridine rings is 2. The first-order valence-corrected chi connectivity index (χ1v) is 6.74. The summed E-state index contributed by atoms with van der Waals surface area (Å²) in [5.74, 6) is 0. The molecule has 3 aromatic rings. The van der Waals surface area contributed by atoms with Crippen LogP contribution in [0, 0.1) is 0 Å². The molecular weight excluding hydrogens is 248 g/mol. The van der Waals surface area contributed by atoms with Gasteiger partial charge in [0.15, 0.2) is 0 Å². The summed E-state index contributed by atoms with van der Waals surface area (Å²) in [5, 5.41) is 12.6. The molecule has 0 aliphatic rings. The van der Waals surface area contributed by atoms with Gasteiger partial charge in [-0.25, -0.2) is 0 Å². The van der Waals surface area contributed by atoms with Gasteiger partial charge in [0.25, 0.3) is 0 Å². The van der Waals surface area contributed by atoms with Crippen LogP contribution < -0.4 is 0 Å². The van der Waals surface area contributed by atoms with Crippen LogP contribution in [0.1, 0.15) is 23.7 Å². The Balaban J connectivity index is 1.80. The van der Waals surface area contributed by atoms with E-state index >= 15 is 0 Å². The molecule has 3 heteroatoms. The van der Waals surface area contributed by atoms with Gasteiger partial charge in [0, 0.05) is 30.2 Å². The van der Waals surface area contributed by atoms with Crippen LogP contribution in [-0.2, 0) is 6.42 Å². The smallest absolute Gasteiger partial charge is 0.0799 e. The van der Waals surface area contributed by atoms with Crippen LogP contribution in [0.25, 0.3) is 10.8 Å². The van der Waals surface area contributed by atoms with Crippen LogP contribution in [-0.4, -0.2) is 15.1 Å². The third-order valence-electron chi connectivity index (χ3n) is 3.50. The molecule has 0 saturated carbocycles. The molecular formula is C17H16N2O. The first-order valence-electron chi connectivity index (χ1n) is 6.74. The molecule has 0 aliphatic heterocycles. The highest BCUT2D eigenvalue weighted by Crippen LogP contribution is 2.26. The van der Waals surface area contributed by atoms with Crippen molar-refractivity contribution in [2.45, 2.75) is 18.9 Å². The topological polar surface area (TPSA) is 46.0 Å². The van der Waals surface area contributed by atoms with Crippen LogP contribution in [0.3, 0.4) is 0 Å². The summed E-state index contributed by atoms with van der Waals surface area (Å²) in [6.45, 7) is 0. The van der Waals surface area contributed by atoms with Gasteiger partial charge >= 0.3 is 0 Å². The molecule has 0 bridgehead atoms. The van der Waals surface area contributed by atoms with Gasteiger partial charge in [0.2, 0.25) is 0 Å². The first-order chi connectivity index (χ1) is 9.84. The molecule has 0 amide bonds. The van der Waals surface area contributed by atoms with Crippen molar-refractivity contribution in [1.82, 2.24) is 9.97 Å². The number of aryl methyl sites for hydroxylation is 1. The van der Waals surface area contributed by atoms with Crippen LogP contribution >= 0.6 is 0 Å². The van der Waals surface area contributed by atoms with Crippen molar-refractivity contribution in [3.05, 3.63) is 72.3 Å². The fourth-order valence-corrected chi connectivity index (χ4v) is 2.44. The lowest BCUT2D eigenvalue weighted by Gasteiger charge is -2.13. The number of benzene rings is 1. The number of aliphatic hydroxyl groups excluding tert-OH is 1. The Labute approximate surface area is 117 Å². The van der Waals surface area contributed by atoms with Crippen molar-refractivity contribution >= 4 is 10.8 Å². The highest BCUT2D eigenvalue weighted by atomic mass is 16.3. The third kappa shape index (κ3) is 2.68. The summed E-state index contributed by atoms with van der Waals surface area (Å²) in [6, 6.07) is 11.9. The third-order valence-corrected chi connectivity index (χ3v) is 3.50. The Morgan fingerprint density at radius 3 is 2.70 bits per heavy atom. The number of hydrogen-bond acceptors (Lipinski definition) is 3. The Morgan fingerprint density at radius 1 is 0.950 bits per heavy atom. The summed E-state index contributed by atoms with van der Waals surface area (Å²) in [6.07, 6.45) is 8.23. The second-order valence-corrected chi connectivity index (χ2v) is 4.86. The van der Waals surface area contributed by atoms with Crippen LogP contribution in [0.5, 0.6) is 0 Å². The maximum Gasteiger partial charge on any atom is 0.0799 e. The van der Waals surface area contributed by atoms with Gasteiger partial charge in [-0.05, 0) is 41.5 Å². The summed E-state index contributed by atoms with van der Waals surface area (Å²) in [5.41, 5.74) is 2.11. The maximum absolute atomic E-state index is 10.4. The van der Waals surface area contributed by atoms with E-state index in [1.54, 1.807) is 12.4 Å². The van der Waals surface area contributed by atoms with Crippen LogP contribution in [0.4, 0.5) is 0 Å². The van der Waals surface area contributed by atoms with E-state index in [-0.39, 0.29) is 0 Å². The zero-order chi connectivity index (χ0) is 13.8. The van der Waals surface area contributed by atoms with E-state index in [4.69, 9.17) is 0 Å². The Kier molecular flexibility index (Phi) is 3.70. The van der Waals surface area contributed by atoms with Gasteiger partial charge in [-0.15, -0.1) is 0 Å². The van der Waals surface area contributed by atoms with Gasteiger partial charge in [-0.3, -0.25) is 9.97 Å². The average molecular weight is 264 g/mol. The number of hydrogen-bond donors (Lipinski definition) is 1. The normalized spacial score (nSPS) is 12.4. The van der Waals surface area contributed by atoms with Gasteiger partial charge in [-0.1, -0.05) is 24.3 Å². The van der Waals surface area contributed by atoms with Gasteiger partial charge in [-0.2, -0.15) is 0 Å². The number of aliphatic hydroxyl groups is 1. The summed E-state index contributed by atoms with van der Waals surface area (Å²) >= 11 is 0. The lowest BCUT2D eigenvalue weighted by atomic mass is 9.97. The highest BCUT2D eigenvalue weighted by molar-refractivity contribution is 5.85. The van der Waals surface area contributed by atoms with Crippen molar-refractivity contribution in [1.29, 1.82) is 0 Å². The van der Waals surface area contributed by atoms with E-state index < -0.39 is 6.10 Å². The highest BCUT2D eigenvalue weighted by Gasteiger charge is 2.11. The lowest BCUT2D eigenvalue weighted by Crippen LogP contribution is -2.01. The lowest BCUT2D eigenvalue weighted by molar-refractivity contribution is 0.169. The number of aromatic nitrogens is 2. The molecule has 3 rings (SSSR count). The fraction of sp³-hybridized carbons (Fsp3) is 0.176. The molecule has 1 atom stereocenters. The molecule has 0 spiro atoms. The number of nitrogens with zero attached hydrogens (tertiary/aromatic N) is 2. The van der Waals surface area contributed by atoms with E-state index in [1.165, 1.54) is 0 Å². The monoisotopic (exact) mass is 264 g/mol. The number of rotatable bonds is 4. The molecule has 2 heterocycles. The molecule has 1 aromatic carbocycles. The van der Waals surface area contributed by atoms with E-state index in [0.29, 0.717) is 6.42 Å². The molecule has 3 nitrogen and oxygen atoms in total. The van der Waals surface area contributed by atoms with Crippen LogP contribution in [0.2, 0.25) is 0 Å². The van der Waals surface area contributed by atoms with Gasteiger partial charge in [0.05, 0.1) is 6.10 Å². The van der Waals surface area contributed by atoms with Crippen LogP contribution in [0.15, 0.2) is 61.2 Å². The molecule has 2 aromatic heterocycles. The Hall–Kier alpha value is -2.26. The summed E-state index contributed by atoms with van der Waals surface area (Å²) in [4.78, 5) is 8.21. The summed E-state index contributed by atoms with van der Waals surface area (Å²) in [7, 11) is 0. The second kappa shape index (κ2) is 5.80. The van der Waals surface area contributed by atoms with Gasteiger partial charge < -0.3 is 5.11 Å². The largest absolute Gasteiger partial charge is 0.388 e. The fourth-order valence-electron chi connectivity index (χ4n) is 2.44. The van der Waals surface area contributed by atoms with Crippen molar-refractivity contribution in [3.63, 3.8) is 0 Å². The van der Waals surface area contributed by atoms with E-state index in [0.717, 1.165) is 28.3 Å². The molecule has 1 N–H and O–H groups in total. The van der Waals surface area contributed by atoms with Crippen molar-refractivity contribution in [3.8, 4) is 0 Å². The van der Waals surface area contributed by atoms with Gasteiger partial charge in [0.1, 0.15) is 0 Å². The SMILES string of the molecule is OC(CCc1cccnc1)c1cccc2cnccc12. The van der Waals surface area contributed by atoms with E-state index in [2.05, 4.69) is 9.97 Å². The predicted octanol–water partition coefficient (Wildman–Crippen LogP) is 3.30. The molecule has 100 valence electrons. The van der Waals surface area contributed by atoms with E-state index in [9.17, 15) is 5.11 Å². The standard InChI is InChI=1S/C17H16N2O/c20-17(7-6-13-3-2-9-18-11-13)16-5-1-4-14-12-19-10-8-15(14)16/h1-5,8-12,17,20H,6-7H2.